The van der Waals surface area contributed by atoms with Crippen molar-refractivity contribution in [3.05, 3.63) is 29.8 Å². The van der Waals surface area contributed by atoms with Crippen molar-refractivity contribution in [1.29, 1.82) is 0 Å². The summed E-state index contributed by atoms with van der Waals surface area (Å²) < 4.78 is 24.3. The first kappa shape index (κ1) is 16.0. The van der Waals surface area contributed by atoms with Crippen molar-refractivity contribution in [3.8, 4) is 0 Å². The van der Waals surface area contributed by atoms with E-state index >= 15 is 0 Å². The van der Waals surface area contributed by atoms with E-state index in [0.717, 1.165) is 42.9 Å². The lowest BCUT2D eigenvalue weighted by molar-refractivity contribution is 0.407. The number of rotatable bonds is 5. The van der Waals surface area contributed by atoms with Crippen molar-refractivity contribution in [3.63, 3.8) is 0 Å². The van der Waals surface area contributed by atoms with Gasteiger partial charge in [0.1, 0.15) is 0 Å². The third-order valence-electron chi connectivity index (χ3n) is 4.03. The van der Waals surface area contributed by atoms with Crippen LogP contribution >= 0.6 is 0 Å². The van der Waals surface area contributed by atoms with E-state index in [1.165, 1.54) is 12.8 Å². The molecule has 1 aliphatic rings. The van der Waals surface area contributed by atoms with Gasteiger partial charge in [-0.25, -0.2) is 4.83 Å². The van der Waals surface area contributed by atoms with Crippen LogP contribution in [0.25, 0.3) is 0 Å². The molecule has 2 rings (SSSR count). The van der Waals surface area contributed by atoms with Crippen LogP contribution in [0.4, 0.5) is 0 Å². The first-order chi connectivity index (χ1) is 10.0. The minimum absolute atomic E-state index is 0.261. The topological polar surface area (TPSA) is 58.5 Å². The molecule has 0 radical (unpaired) electrons. The van der Waals surface area contributed by atoms with Crippen LogP contribution in [0.15, 0.2) is 34.3 Å². The van der Waals surface area contributed by atoms with Crippen LogP contribution in [0.1, 0.15) is 51.0 Å². The zero-order valence-electron chi connectivity index (χ0n) is 12.8. The molecule has 0 unspecified atom stereocenters. The summed E-state index contributed by atoms with van der Waals surface area (Å²) in [5, 5.41) is 4.13. The smallest absolute Gasteiger partial charge is 0.200 e. The van der Waals surface area contributed by atoms with E-state index in [1.54, 1.807) is 24.3 Å². The molecule has 5 heteroatoms. The molecule has 0 heterocycles. The molecular weight excluding hydrogens is 284 g/mol. The Hall–Kier alpha value is -1.36. The maximum absolute atomic E-state index is 12.1. The summed E-state index contributed by atoms with van der Waals surface area (Å²) in [6.45, 7) is 4.14. The molecule has 0 amide bonds. The van der Waals surface area contributed by atoms with Crippen LogP contribution in [0, 0.1) is 12.8 Å². The number of aryl methyl sites for hydroxylation is 1. The standard InChI is InChI=1S/C16H24N2O2S/c1-3-4-14-7-9-15(10-8-14)17-18-21(19,20)16-11-5-13(2)6-12-16/h5-6,11-12,14,18H,3-4,7-10H2,1-2H3. The average Bonchev–Trinajstić information content (AvgIpc) is 2.47. The molecule has 0 bridgehead atoms. The second-order valence-corrected chi connectivity index (χ2v) is 7.48. The predicted octanol–water partition coefficient (Wildman–Crippen LogP) is 3.62. The molecule has 1 aromatic carbocycles. The zero-order chi connectivity index (χ0) is 15.3. The third kappa shape index (κ3) is 4.56. The SMILES string of the molecule is CCCC1CCC(=NNS(=O)(=O)c2ccc(C)cc2)CC1. The van der Waals surface area contributed by atoms with Crippen LogP contribution in [-0.4, -0.2) is 14.1 Å². The van der Waals surface area contributed by atoms with Gasteiger partial charge in [-0.15, -0.1) is 0 Å². The molecule has 1 N–H and O–H groups in total. The van der Waals surface area contributed by atoms with Gasteiger partial charge in [0, 0.05) is 5.71 Å². The van der Waals surface area contributed by atoms with Crippen molar-refractivity contribution in [2.75, 3.05) is 0 Å². The molecule has 0 atom stereocenters. The Balaban J connectivity index is 1.96. The van der Waals surface area contributed by atoms with E-state index in [2.05, 4.69) is 16.9 Å². The van der Waals surface area contributed by atoms with E-state index < -0.39 is 10.0 Å². The lowest BCUT2D eigenvalue weighted by Crippen LogP contribution is -2.22. The quantitative estimate of drug-likeness (QED) is 0.845. The number of nitrogens with zero attached hydrogens (tertiary/aromatic N) is 1. The highest BCUT2D eigenvalue weighted by Gasteiger charge is 2.18. The van der Waals surface area contributed by atoms with Gasteiger partial charge in [-0.05, 0) is 50.7 Å². The van der Waals surface area contributed by atoms with Crippen LogP contribution in [0.2, 0.25) is 0 Å². The van der Waals surface area contributed by atoms with E-state index in [-0.39, 0.29) is 4.90 Å². The van der Waals surface area contributed by atoms with Gasteiger partial charge in [0.05, 0.1) is 4.90 Å². The summed E-state index contributed by atoms with van der Waals surface area (Å²) in [5.74, 6) is 0.780. The molecule has 1 aliphatic carbocycles. The molecule has 0 aliphatic heterocycles. The fraction of sp³-hybridized carbons (Fsp3) is 0.562. The summed E-state index contributed by atoms with van der Waals surface area (Å²) >= 11 is 0. The van der Waals surface area contributed by atoms with Gasteiger partial charge in [-0.3, -0.25) is 0 Å². The Kier molecular flexibility index (Phi) is 5.39. The van der Waals surface area contributed by atoms with E-state index in [9.17, 15) is 8.42 Å². The highest BCUT2D eigenvalue weighted by Crippen LogP contribution is 2.26. The number of benzene rings is 1. The van der Waals surface area contributed by atoms with E-state index in [4.69, 9.17) is 0 Å². The molecule has 0 saturated heterocycles. The lowest BCUT2D eigenvalue weighted by atomic mass is 9.85. The van der Waals surface area contributed by atoms with Gasteiger partial charge in [0.25, 0.3) is 10.0 Å². The zero-order valence-corrected chi connectivity index (χ0v) is 13.6. The monoisotopic (exact) mass is 308 g/mol. The molecule has 116 valence electrons. The summed E-state index contributed by atoms with van der Waals surface area (Å²) in [4.78, 5) is 2.63. The average molecular weight is 308 g/mol. The van der Waals surface area contributed by atoms with E-state index in [1.807, 2.05) is 6.92 Å². The van der Waals surface area contributed by atoms with Crippen molar-refractivity contribution in [2.45, 2.75) is 57.3 Å². The molecule has 1 saturated carbocycles. The Morgan fingerprint density at radius 3 is 2.38 bits per heavy atom. The van der Waals surface area contributed by atoms with Crippen LogP contribution in [-0.2, 0) is 10.0 Å². The highest BCUT2D eigenvalue weighted by molar-refractivity contribution is 7.89. The summed E-state index contributed by atoms with van der Waals surface area (Å²) in [6, 6.07) is 6.79. The molecule has 1 fully saturated rings. The first-order valence-corrected chi connectivity index (χ1v) is 9.13. The van der Waals surface area contributed by atoms with Crippen molar-refractivity contribution in [1.82, 2.24) is 4.83 Å². The predicted molar refractivity (Wildman–Crippen MR) is 85.8 cm³/mol. The van der Waals surface area contributed by atoms with Crippen molar-refractivity contribution >= 4 is 15.7 Å². The third-order valence-corrected chi connectivity index (χ3v) is 5.26. The number of nitrogens with one attached hydrogen (secondary N) is 1. The Morgan fingerprint density at radius 2 is 1.81 bits per heavy atom. The fourth-order valence-corrected chi connectivity index (χ4v) is 3.56. The molecule has 4 nitrogen and oxygen atoms in total. The van der Waals surface area contributed by atoms with Crippen molar-refractivity contribution < 1.29 is 8.42 Å². The number of hydrogen-bond donors (Lipinski definition) is 1. The van der Waals surface area contributed by atoms with E-state index in [0.29, 0.717) is 0 Å². The van der Waals surface area contributed by atoms with Crippen LogP contribution in [0.5, 0.6) is 0 Å². The van der Waals surface area contributed by atoms with Crippen LogP contribution in [0.3, 0.4) is 0 Å². The Morgan fingerprint density at radius 1 is 1.19 bits per heavy atom. The molecule has 0 spiro atoms. The van der Waals surface area contributed by atoms with Gasteiger partial charge in [-0.1, -0.05) is 37.5 Å². The first-order valence-electron chi connectivity index (χ1n) is 7.65. The minimum atomic E-state index is -3.54. The highest BCUT2D eigenvalue weighted by atomic mass is 32.2. The molecule has 1 aromatic rings. The Bertz CT molecular complexity index is 581. The van der Waals surface area contributed by atoms with Gasteiger partial charge in [0.2, 0.25) is 0 Å². The summed E-state index contributed by atoms with van der Waals surface area (Å²) in [7, 11) is -3.54. The fourth-order valence-electron chi connectivity index (χ4n) is 2.71. The summed E-state index contributed by atoms with van der Waals surface area (Å²) in [6.07, 6.45) is 6.54. The molecule has 21 heavy (non-hydrogen) atoms. The Labute approximate surface area is 127 Å². The maximum Gasteiger partial charge on any atom is 0.276 e. The molecular formula is C16H24N2O2S. The number of hydrazone groups is 1. The number of hydrogen-bond acceptors (Lipinski definition) is 3. The van der Waals surface area contributed by atoms with Crippen LogP contribution < -0.4 is 4.83 Å². The second-order valence-electron chi connectivity index (χ2n) is 5.82. The van der Waals surface area contributed by atoms with Gasteiger partial charge in [-0.2, -0.15) is 13.5 Å². The number of sulfonamides is 1. The maximum atomic E-state index is 12.1. The normalized spacial score (nSPS) is 19.3. The summed E-state index contributed by atoms with van der Waals surface area (Å²) in [5.41, 5.74) is 2.01. The van der Waals surface area contributed by atoms with Gasteiger partial charge >= 0.3 is 0 Å². The minimum Gasteiger partial charge on any atom is -0.200 e. The largest absolute Gasteiger partial charge is 0.276 e. The second kappa shape index (κ2) is 7.07. The van der Waals surface area contributed by atoms with Gasteiger partial charge < -0.3 is 0 Å². The lowest BCUT2D eigenvalue weighted by Gasteiger charge is -2.22. The van der Waals surface area contributed by atoms with Crippen molar-refractivity contribution in [2.24, 2.45) is 11.0 Å². The van der Waals surface area contributed by atoms with Gasteiger partial charge in [0.15, 0.2) is 0 Å². The molecule has 0 aromatic heterocycles.